The molecule has 0 aliphatic heterocycles. The Labute approximate surface area is 125 Å². The van der Waals surface area contributed by atoms with E-state index in [0.717, 1.165) is 32.8 Å². The fraction of sp³-hybridized carbons (Fsp3) is 0.308. The molecule has 0 radical (unpaired) electrons. The van der Waals surface area contributed by atoms with Crippen LogP contribution in [0.25, 0.3) is 0 Å². The van der Waals surface area contributed by atoms with Gasteiger partial charge in [0.2, 0.25) is 0 Å². The van der Waals surface area contributed by atoms with Gasteiger partial charge in [0.05, 0.1) is 16.8 Å². The first-order valence-corrected chi connectivity index (χ1v) is 7.31. The molecule has 0 saturated heterocycles. The summed E-state index contributed by atoms with van der Waals surface area (Å²) in [5.74, 6) is 0. The molecule has 5 heteroatoms. The van der Waals surface area contributed by atoms with E-state index >= 15 is 0 Å². The zero-order valence-electron chi connectivity index (χ0n) is 10.1. The average Bonchev–Trinajstić information content (AvgIpc) is 2.80. The summed E-state index contributed by atoms with van der Waals surface area (Å²) in [6.07, 6.45) is 2.83. The van der Waals surface area contributed by atoms with Gasteiger partial charge in [0.15, 0.2) is 0 Å². The molecule has 0 fully saturated rings. The topological polar surface area (TPSA) is 43.8 Å². The molecule has 1 atom stereocenters. The maximum Gasteiger partial charge on any atom is 0.0723 e. The quantitative estimate of drug-likeness (QED) is 0.830. The van der Waals surface area contributed by atoms with Gasteiger partial charge in [-0.15, -0.1) is 0 Å². The van der Waals surface area contributed by atoms with Crippen LogP contribution < -0.4 is 5.73 Å². The summed E-state index contributed by atoms with van der Waals surface area (Å²) in [6.45, 7) is 3.01. The number of hydrogen-bond donors (Lipinski definition) is 1. The van der Waals surface area contributed by atoms with Crippen molar-refractivity contribution in [3.63, 3.8) is 0 Å². The number of aromatic nitrogens is 2. The fourth-order valence-electron chi connectivity index (χ4n) is 1.88. The fourth-order valence-corrected chi connectivity index (χ4v) is 2.41. The first kappa shape index (κ1) is 13.8. The Hall–Kier alpha value is -0.590. The van der Waals surface area contributed by atoms with Gasteiger partial charge in [0.1, 0.15) is 0 Å². The van der Waals surface area contributed by atoms with Crippen LogP contribution in [0.5, 0.6) is 0 Å². The second-order valence-electron chi connectivity index (χ2n) is 4.13. The minimum absolute atomic E-state index is 0.187. The molecule has 1 aromatic heterocycles. The monoisotopic (exact) mass is 375 g/mol. The Balaban J connectivity index is 2.32. The van der Waals surface area contributed by atoms with Gasteiger partial charge in [0, 0.05) is 16.3 Å². The van der Waals surface area contributed by atoms with E-state index in [4.69, 9.17) is 17.3 Å². The third-order valence-corrected chi connectivity index (χ3v) is 4.38. The number of nitrogens with two attached hydrogens (primary N) is 1. The van der Waals surface area contributed by atoms with Gasteiger partial charge in [-0.25, -0.2) is 0 Å². The van der Waals surface area contributed by atoms with Crippen molar-refractivity contribution in [2.45, 2.75) is 25.9 Å². The summed E-state index contributed by atoms with van der Waals surface area (Å²) < 4.78 is 2.99. The van der Waals surface area contributed by atoms with E-state index in [-0.39, 0.29) is 6.04 Å². The standard InChI is InChI=1S/C13H15ClIN3/c1-2-7-18-12(5-6-17-18)13(16)9-3-4-11(15)10(14)8-9/h3-6,8,13H,2,7,16H2,1H3. The summed E-state index contributed by atoms with van der Waals surface area (Å²) in [7, 11) is 0. The van der Waals surface area contributed by atoms with Crippen molar-refractivity contribution in [2.24, 2.45) is 5.73 Å². The van der Waals surface area contributed by atoms with Crippen LogP contribution in [0.1, 0.15) is 30.6 Å². The lowest BCUT2D eigenvalue weighted by Crippen LogP contribution is -2.17. The summed E-state index contributed by atoms with van der Waals surface area (Å²) in [6, 6.07) is 7.71. The first-order chi connectivity index (χ1) is 8.63. The van der Waals surface area contributed by atoms with Crippen molar-refractivity contribution in [1.82, 2.24) is 9.78 Å². The number of benzene rings is 1. The largest absolute Gasteiger partial charge is 0.319 e. The third-order valence-electron chi connectivity index (χ3n) is 2.81. The zero-order valence-corrected chi connectivity index (χ0v) is 13.0. The normalized spacial score (nSPS) is 12.7. The Bertz CT molecular complexity index is 539. The van der Waals surface area contributed by atoms with E-state index < -0.39 is 0 Å². The SMILES string of the molecule is CCCn1nccc1C(N)c1ccc(I)c(Cl)c1. The molecule has 1 aromatic carbocycles. The number of rotatable bonds is 4. The lowest BCUT2D eigenvalue weighted by molar-refractivity contribution is 0.560. The second kappa shape index (κ2) is 6.04. The van der Waals surface area contributed by atoms with Crippen LogP contribution >= 0.6 is 34.2 Å². The van der Waals surface area contributed by atoms with Gasteiger partial charge in [-0.3, -0.25) is 4.68 Å². The third kappa shape index (κ3) is 2.87. The average molecular weight is 376 g/mol. The van der Waals surface area contributed by atoms with Crippen molar-refractivity contribution >= 4 is 34.2 Å². The second-order valence-corrected chi connectivity index (χ2v) is 5.70. The van der Waals surface area contributed by atoms with Crippen LogP contribution in [0, 0.1) is 3.57 Å². The van der Waals surface area contributed by atoms with E-state index in [1.54, 1.807) is 6.20 Å². The van der Waals surface area contributed by atoms with Crippen molar-refractivity contribution in [3.05, 3.63) is 50.3 Å². The highest BCUT2D eigenvalue weighted by molar-refractivity contribution is 14.1. The van der Waals surface area contributed by atoms with Crippen LogP contribution in [0.2, 0.25) is 5.02 Å². The predicted octanol–water partition coefficient (Wildman–Crippen LogP) is 3.60. The summed E-state index contributed by atoms with van der Waals surface area (Å²) in [4.78, 5) is 0. The van der Waals surface area contributed by atoms with Crippen LogP contribution in [-0.2, 0) is 6.54 Å². The van der Waals surface area contributed by atoms with Crippen molar-refractivity contribution in [3.8, 4) is 0 Å². The van der Waals surface area contributed by atoms with E-state index in [0.29, 0.717) is 0 Å². The van der Waals surface area contributed by atoms with E-state index in [9.17, 15) is 0 Å². The number of nitrogens with zero attached hydrogens (tertiary/aromatic N) is 2. The molecule has 1 unspecified atom stereocenters. The summed E-state index contributed by atoms with van der Waals surface area (Å²) >= 11 is 8.34. The number of hydrogen-bond acceptors (Lipinski definition) is 2. The molecule has 96 valence electrons. The molecule has 3 nitrogen and oxygen atoms in total. The number of aryl methyl sites for hydroxylation is 1. The zero-order chi connectivity index (χ0) is 13.1. The van der Waals surface area contributed by atoms with Crippen LogP contribution in [0.4, 0.5) is 0 Å². The van der Waals surface area contributed by atoms with Gasteiger partial charge < -0.3 is 5.73 Å². The maximum absolute atomic E-state index is 6.29. The van der Waals surface area contributed by atoms with Crippen molar-refractivity contribution < 1.29 is 0 Å². The number of halogens is 2. The van der Waals surface area contributed by atoms with Crippen LogP contribution in [-0.4, -0.2) is 9.78 Å². The molecule has 2 aromatic rings. The van der Waals surface area contributed by atoms with Gasteiger partial charge in [-0.2, -0.15) is 5.10 Å². The molecule has 0 aliphatic rings. The summed E-state index contributed by atoms with van der Waals surface area (Å²) in [5.41, 5.74) is 8.32. The Morgan fingerprint density at radius 1 is 1.44 bits per heavy atom. The Kier molecular flexibility index (Phi) is 4.64. The smallest absolute Gasteiger partial charge is 0.0723 e. The first-order valence-electron chi connectivity index (χ1n) is 5.85. The highest BCUT2D eigenvalue weighted by atomic mass is 127. The molecule has 0 saturated carbocycles. The van der Waals surface area contributed by atoms with Crippen molar-refractivity contribution in [1.29, 1.82) is 0 Å². The van der Waals surface area contributed by atoms with Gasteiger partial charge in [-0.05, 0) is 52.8 Å². The van der Waals surface area contributed by atoms with E-state index in [2.05, 4.69) is 34.6 Å². The van der Waals surface area contributed by atoms with Gasteiger partial charge in [0.25, 0.3) is 0 Å². The molecule has 0 aliphatic carbocycles. The Morgan fingerprint density at radius 2 is 2.22 bits per heavy atom. The molecule has 0 spiro atoms. The highest BCUT2D eigenvalue weighted by Gasteiger charge is 2.14. The molecule has 0 amide bonds. The van der Waals surface area contributed by atoms with Gasteiger partial charge >= 0.3 is 0 Å². The maximum atomic E-state index is 6.29. The molecule has 2 rings (SSSR count). The van der Waals surface area contributed by atoms with E-state index in [1.165, 1.54) is 0 Å². The molecular weight excluding hydrogens is 361 g/mol. The molecule has 2 N–H and O–H groups in total. The molecular formula is C13H15ClIN3. The lowest BCUT2D eigenvalue weighted by Gasteiger charge is -2.15. The predicted molar refractivity (Wildman–Crippen MR) is 82.7 cm³/mol. The van der Waals surface area contributed by atoms with E-state index in [1.807, 2.05) is 28.9 Å². The van der Waals surface area contributed by atoms with Gasteiger partial charge in [-0.1, -0.05) is 24.6 Å². The molecule has 18 heavy (non-hydrogen) atoms. The minimum atomic E-state index is -0.187. The highest BCUT2D eigenvalue weighted by Crippen LogP contribution is 2.25. The minimum Gasteiger partial charge on any atom is -0.319 e. The van der Waals surface area contributed by atoms with Crippen molar-refractivity contribution in [2.75, 3.05) is 0 Å². The summed E-state index contributed by atoms with van der Waals surface area (Å²) in [5, 5.41) is 5.04. The Morgan fingerprint density at radius 3 is 2.89 bits per heavy atom. The molecule has 1 heterocycles. The van der Waals surface area contributed by atoms with Crippen LogP contribution in [0.3, 0.4) is 0 Å². The molecule has 0 bridgehead atoms. The lowest BCUT2D eigenvalue weighted by atomic mass is 10.0. The van der Waals surface area contributed by atoms with Crippen LogP contribution in [0.15, 0.2) is 30.5 Å².